The van der Waals surface area contributed by atoms with Gasteiger partial charge in [0.1, 0.15) is 6.04 Å². The molecule has 4 nitrogen and oxygen atoms in total. The van der Waals surface area contributed by atoms with Crippen molar-refractivity contribution in [2.75, 3.05) is 18.1 Å². The van der Waals surface area contributed by atoms with Gasteiger partial charge in [-0.15, -0.1) is 23.5 Å². The van der Waals surface area contributed by atoms with Gasteiger partial charge in [-0.25, -0.2) is 4.79 Å². The zero-order valence-corrected chi connectivity index (χ0v) is 13.2. The number of rotatable bonds is 3. The molecule has 0 aliphatic carbocycles. The second kappa shape index (κ2) is 6.32. The van der Waals surface area contributed by atoms with Gasteiger partial charge in [0.2, 0.25) is 0 Å². The van der Waals surface area contributed by atoms with Gasteiger partial charge in [0, 0.05) is 23.6 Å². The van der Waals surface area contributed by atoms with Crippen LogP contribution in [0.1, 0.15) is 33.3 Å². The molecule has 3 rings (SSSR count). The lowest BCUT2D eigenvalue weighted by Crippen LogP contribution is -2.40. The van der Waals surface area contributed by atoms with E-state index in [-0.39, 0.29) is 5.91 Å². The molecule has 0 saturated carbocycles. The fraction of sp³-hybridized carbons (Fsp3) is 0.467. The fourth-order valence-corrected chi connectivity index (χ4v) is 5.63. The van der Waals surface area contributed by atoms with E-state index in [9.17, 15) is 9.59 Å². The lowest BCUT2D eigenvalue weighted by Gasteiger charge is -2.21. The molecule has 1 N–H and O–H groups in total. The van der Waals surface area contributed by atoms with Crippen molar-refractivity contribution in [3.8, 4) is 0 Å². The third-order valence-electron chi connectivity index (χ3n) is 3.85. The zero-order chi connectivity index (χ0) is 14.8. The highest BCUT2D eigenvalue weighted by atomic mass is 32.2. The Bertz CT molecular complexity index is 540. The third kappa shape index (κ3) is 3.06. The molecule has 6 heteroatoms. The highest BCUT2D eigenvalue weighted by molar-refractivity contribution is 8.19. The second-order valence-corrected chi connectivity index (χ2v) is 7.91. The summed E-state index contributed by atoms with van der Waals surface area (Å²) in [5.74, 6) is 1.27. The second-order valence-electron chi connectivity index (χ2n) is 5.19. The predicted octanol–water partition coefficient (Wildman–Crippen LogP) is 2.85. The number of carbonyl (C=O) groups excluding carboxylic acids is 1. The lowest BCUT2D eigenvalue weighted by molar-refractivity contribution is -0.141. The van der Waals surface area contributed by atoms with Crippen LogP contribution in [0.2, 0.25) is 0 Å². The first-order valence-corrected chi connectivity index (χ1v) is 9.13. The van der Waals surface area contributed by atoms with Crippen LogP contribution in [-0.4, -0.2) is 46.0 Å². The van der Waals surface area contributed by atoms with Gasteiger partial charge in [-0.1, -0.05) is 12.1 Å². The number of carboxylic acids is 1. The Morgan fingerprint density at radius 2 is 1.81 bits per heavy atom. The van der Waals surface area contributed by atoms with Crippen LogP contribution in [0.15, 0.2) is 24.3 Å². The summed E-state index contributed by atoms with van der Waals surface area (Å²) >= 11 is 3.86. The normalized spacial score (nSPS) is 22.7. The van der Waals surface area contributed by atoms with Crippen LogP contribution in [0.25, 0.3) is 0 Å². The Balaban J connectivity index is 1.74. The van der Waals surface area contributed by atoms with Crippen molar-refractivity contribution in [3.63, 3.8) is 0 Å². The number of hydrogen-bond acceptors (Lipinski definition) is 4. The smallest absolute Gasteiger partial charge is 0.326 e. The quantitative estimate of drug-likeness (QED) is 0.927. The monoisotopic (exact) mass is 323 g/mol. The number of benzene rings is 1. The molecule has 0 aromatic heterocycles. The van der Waals surface area contributed by atoms with E-state index in [1.165, 1.54) is 22.0 Å². The van der Waals surface area contributed by atoms with Gasteiger partial charge >= 0.3 is 5.97 Å². The van der Waals surface area contributed by atoms with E-state index in [4.69, 9.17) is 5.11 Å². The summed E-state index contributed by atoms with van der Waals surface area (Å²) in [5, 5.41) is 9.17. The van der Waals surface area contributed by atoms with E-state index in [0.717, 1.165) is 6.42 Å². The summed E-state index contributed by atoms with van der Waals surface area (Å²) < 4.78 is 0.465. The predicted molar refractivity (Wildman–Crippen MR) is 85.8 cm³/mol. The minimum Gasteiger partial charge on any atom is -0.480 e. The first kappa shape index (κ1) is 14.8. The number of likely N-dealkylation sites (tertiary alicyclic amines) is 1. The molecule has 1 atom stereocenters. The highest BCUT2D eigenvalue weighted by Gasteiger charge is 2.34. The molecule has 1 unspecified atom stereocenters. The van der Waals surface area contributed by atoms with Crippen molar-refractivity contribution < 1.29 is 14.7 Å². The number of amides is 1. The molecule has 1 aromatic carbocycles. The minimum atomic E-state index is -0.906. The zero-order valence-electron chi connectivity index (χ0n) is 11.5. The van der Waals surface area contributed by atoms with Crippen molar-refractivity contribution in [1.82, 2.24) is 4.90 Å². The van der Waals surface area contributed by atoms with E-state index in [1.54, 1.807) is 0 Å². The van der Waals surface area contributed by atoms with Crippen LogP contribution >= 0.6 is 23.5 Å². The SMILES string of the molecule is O=C(O)C1CCCN1C(=O)c1ccc(C2SCCS2)cc1. The Morgan fingerprint density at radius 1 is 1.14 bits per heavy atom. The molecule has 2 aliphatic rings. The van der Waals surface area contributed by atoms with Crippen LogP contribution in [-0.2, 0) is 4.79 Å². The molecule has 0 spiro atoms. The van der Waals surface area contributed by atoms with Crippen LogP contribution in [0.4, 0.5) is 0 Å². The first-order chi connectivity index (χ1) is 10.2. The topological polar surface area (TPSA) is 57.6 Å². The van der Waals surface area contributed by atoms with Crippen molar-refractivity contribution in [1.29, 1.82) is 0 Å². The standard InChI is InChI=1S/C15H17NO3S2/c17-13(16-7-1-2-12(16)14(18)19)10-3-5-11(6-4-10)15-20-8-9-21-15/h3-6,12,15H,1-2,7-9H2,(H,18,19). The Hall–Kier alpha value is -1.14. The maximum atomic E-state index is 12.4. The number of carbonyl (C=O) groups is 2. The molecular formula is C15H17NO3S2. The molecule has 0 bridgehead atoms. The van der Waals surface area contributed by atoms with Gasteiger partial charge in [-0.05, 0) is 30.5 Å². The van der Waals surface area contributed by atoms with E-state index in [0.29, 0.717) is 23.1 Å². The molecule has 2 aliphatic heterocycles. The fourth-order valence-electron chi connectivity index (χ4n) is 2.77. The van der Waals surface area contributed by atoms with Crippen molar-refractivity contribution in [3.05, 3.63) is 35.4 Å². The van der Waals surface area contributed by atoms with Gasteiger partial charge in [-0.2, -0.15) is 0 Å². The van der Waals surface area contributed by atoms with Gasteiger partial charge in [0.05, 0.1) is 4.58 Å². The summed E-state index contributed by atoms with van der Waals surface area (Å²) in [7, 11) is 0. The third-order valence-corrected chi connectivity index (χ3v) is 6.95. The number of hydrogen-bond donors (Lipinski definition) is 1. The number of nitrogens with zero attached hydrogens (tertiary/aromatic N) is 1. The average Bonchev–Trinajstić information content (AvgIpc) is 3.18. The minimum absolute atomic E-state index is 0.168. The molecule has 2 heterocycles. The maximum Gasteiger partial charge on any atom is 0.326 e. The van der Waals surface area contributed by atoms with Gasteiger partial charge in [0.15, 0.2) is 0 Å². The van der Waals surface area contributed by atoms with Gasteiger partial charge < -0.3 is 10.0 Å². The van der Waals surface area contributed by atoms with Gasteiger partial charge in [-0.3, -0.25) is 4.79 Å². The number of carboxylic acid groups (broad SMARTS) is 1. The molecule has 112 valence electrons. The summed E-state index contributed by atoms with van der Waals surface area (Å²) in [4.78, 5) is 25.1. The van der Waals surface area contributed by atoms with E-state index < -0.39 is 12.0 Å². The molecular weight excluding hydrogens is 306 g/mol. The van der Waals surface area contributed by atoms with Crippen LogP contribution in [0.5, 0.6) is 0 Å². The van der Waals surface area contributed by atoms with Crippen LogP contribution in [0.3, 0.4) is 0 Å². The van der Waals surface area contributed by atoms with Crippen molar-refractivity contribution in [2.45, 2.75) is 23.5 Å². The number of aliphatic carboxylic acids is 1. The summed E-state index contributed by atoms with van der Waals surface area (Å²) in [6, 6.07) is 6.98. The average molecular weight is 323 g/mol. The van der Waals surface area contributed by atoms with Gasteiger partial charge in [0.25, 0.3) is 5.91 Å². The molecule has 0 radical (unpaired) electrons. The van der Waals surface area contributed by atoms with Crippen LogP contribution < -0.4 is 0 Å². The highest BCUT2D eigenvalue weighted by Crippen LogP contribution is 2.45. The summed E-state index contributed by atoms with van der Waals surface area (Å²) in [5.41, 5.74) is 1.81. The van der Waals surface area contributed by atoms with E-state index >= 15 is 0 Å². The number of thioether (sulfide) groups is 2. The van der Waals surface area contributed by atoms with Crippen LogP contribution in [0, 0.1) is 0 Å². The maximum absolute atomic E-state index is 12.4. The largest absolute Gasteiger partial charge is 0.480 e. The molecule has 2 saturated heterocycles. The molecule has 21 heavy (non-hydrogen) atoms. The molecule has 1 amide bonds. The Morgan fingerprint density at radius 3 is 2.43 bits per heavy atom. The first-order valence-electron chi connectivity index (χ1n) is 7.04. The van der Waals surface area contributed by atoms with E-state index in [1.807, 2.05) is 47.8 Å². The van der Waals surface area contributed by atoms with E-state index in [2.05, 4.69) is 0 Å². The molecule has 2 fully saturated rings. The Kier molecular flexibility index (Phi) is 4.45. The van der Waals surface area contributed by atoms with Crippen molar-refractivity contribution >= 4 is 35.4 Å². The Labute approximate surface area is 132 Å². The lowest BCUT2D eigenvalue weighted by atomic mass is 10.1. The summed E-state index contributed by atoms with van der Waals surface area (Å²) in [6.45, 7) is 0.534. The molecule has 1 aromatic rings. The van der Waals surface area contributed by atoms with Crippen molar-refractivity contribution in [2.24, 2.45) is 0 Å². The summed E-state index contributed by atoms with van der Waals surface area (Å²) in [6.07, 6.45) is 1.31.